The molecule has 0 amide bonds. The van der Waals surface area contributed by atoms with Gasteiger partial charge in [-0.3, -0.25) is 0 Å². The Balaban J connectivity index is 4.43. The molecule has 0 saturated carbocycles. The lowest BCUT2D eigenvalue weighted by Gasteiger charge is -2.08. The fourth-order valence-corrected chi connectivity index (χ4v) is 1.42. The minimum atomic E-state index is -3.30. The number of nitrogens with two attached hydrogens (primary N) is 1. The first-order valence-electron chi connectivity index (χ1n) is 4.41. The van der Waals surface area contributed by atoms with Crippen LogP contribution in [0.4, 0.5) is 0 Å². The average Bonchev–Trinajstić information content (AvgIpc) is 2.22. The standard InChI is InChI=1S/C9H17NO4S/c1-4-5-6-9(10)15(11,12)7-14-8(2)13-3/h4-6,8H,7,10H2,1-3H3/p+1/b5-4-,9-6+. The molecule has 0 aromatic heterocycles. The van der Waals surface area contributed by atoms with Crippen molar-refractivity contribution in [3.63, 3.8) is 0 Å². The van der Waals surface area contributed by atoms with E-state index in [9.17, 15) is 8.42 Å². The minimum absolute atomic E-state index is 0.107. The van der Waals surface area contributed by atoms with Gasteiger partial charge in [0.1, 0.15) is 0 Å². The Morgan fingerprint density at radius 2 is 2.27 bits per heavy atom. The Labute approximate surface area is 90.5 Å². The van der Waals surface area contributed by atoms with Crippen molar-refractivity contribution in [2.45, 2.75) is 20.1 Å². The van der Waals surface area contributed by atoms with Gasteiger partial charge in [0.15, 0.2) is 11.3 Å². The van der Waals surface area contributed by atoms with E-state index in [0.29, 0.717) is 0 Å². The fraction of sp³-hybridized carbons (Fsp3) is 0.556. The molecule has 0 fully saturated rings. The van der Waals surface area contributed by atoms with E-state index in [0.717, 1.165) is 0 Å². The van der Waals surface area contributed by atoms with E-state index in [4.69, 9.17) is 15.2 Å². The summed E-state index contributed by atoms with van der Waals surface area (Å²) in [7, 11) is -1.85. The fourth-order valence-electron chi connectivity index (χ4n) is 0.622. The maximum Gasteiger partial charge on any atom is 0.341 e. The van der Waals surface area contributed by atoms with E-state index in [1.165, 1.54) is 13.2 Å². The van der Waals surface area contributed by atoms with Crippen molar-refractivity contribution < 1.29 is 17.9 Å². The molecule has 88 valence electrons. The Kier molecular flexibility index (Phi) is 6.23. The number of hydrogen-bond donors (Lipinski definition) is 1. The first-order valence-corrected chi connectivity index (χ1v) is 6.09. The van der Waals surface area contributed by atoms with Gasteiger partial charge in [-0.15, -0.1) is 0 Å². The van der Waals surface area contributed by atoms with Crippen molar-refractivity contribution >= 4 is 9.84 Å². The molecule has 2 unspecified atom stereocenters. The third-order valence-corrected chi connectivity index (χ3v) is 2.94. The summed E-state index contributed by atoms with van der Waals surface area (Å²) in [5.41, 5.74) is 5.43. The van der Waals surface area contributed by atoms with Gasteiger partial charge in [-0.05, 0) is 19.9 Å². The quantitative estimate of drug-likeness (QED) is 0.422. The maximum absolute atomic E-state index is 11.6. The Morgan fingerprint density at radius 3 is 2.73 bits per heavy atom. The summed E-state index contributed by atoms with van der Waals surface area (Å²) >= 11 is 0. The molecule has 0 aromatic carbocycles. The smallest absolute Gasteiger partial charge is 0.341 e. The zero-order valence-corrected chi connectivity index (χ0v) is 9.99. The average molecular weight is 236 g/mol. The van der Waals surface area contributed by atoms with E-state index < -0.39 is 16.1 Å². The second-order valence-electron chi connectivity index (χ2n) is 2.82. The lowest BCUT2D eigenvalue weighted by atomic mass is 10.5. The Bertz CT molecular complexity index is 332. The van der Waals surface area contributed by atoms with Crippen molar-refractivity contribution in [2.75, 3.05) is 13.0 Å². The van der Waals surface area contributed by atoms with Crippen LogP contribution in [0.1, 0.15) is 13.8 Å². The highest BCUT2D eigenvalue weighted by Crippen LogP contribution is 2.04. The summed E-state index contributed by atoms with van der Waals surface area (Å²) in [6, 6.07) is 0. The molecule has 0 aliphatic heterocycles. The third-order valence-electron chi connectivity index (χ3n) is 1.62. The SMILES string of the molecule is C/C=C\C=C(/N)S(=O)(=[OH+])COC(C)OC. The predicted molar refractivity (Wildman–Crippen MR) is 59.6 cm³/mol. The normalized spacial score (nSPS) is 19.0. The second kappa shape index (κ2) is 6.60. The molecule has 0 aromatic rings. The first-order chi connectivity index (χ1) is 6.94. The summed E-state index contributed by atoms with van der Waals surface area (Å²) in [4.78, 5) is 0. The predicted octanol–water partition coefficient (Wildman–Crippen LogP) is 0.901. The Hall–Kier alpha value is -0.850. The van der Waals surface area contributed by atoms with Crippen molar-refractivity contribution in [2.24, 2.45) is 5.73 Å². The molecular weight excluding hydrogens is 218 g/mol. The van der Waals surface area contributed by atoms with Gasteiger partial charge < -0.3 is 15.2 Å². The van der Waals surface area contributed by atoms with Crippen LogP contribution in [0, 0.1) is 0 Å². The molecule has 2 atom stereocenters. The van der Waals surface area contributed by atoms with Gasteiger partial charge in [0, 0.05) is 7.11 Å². The van der Waals surface area contributed by atoms with Gasteiger partial charge in [-0.1, -0.05) is 12.2 Å². The maximum atomic E-state index is 11.6. The number of hydrogen-bond acceptors (Lipinski definition) is 4. The lowest BCUT2D eigenvalue weighted by Crippen LogP contribution is -2.21. The third kappa shape index (κ3) is 5.56. The molecule has 5 nitrogen and oxygen atoms in total. The number of allylic oxidation sites excluding steroid dienone is 3. The van der Waals surface area contributed by atoms with Crippen molar-refractivity contribution in [3.05, 3.63) is 23.3 Å². The number of rotatable bonds is 6. The summed E-state index contributed by atoms with van der Waals surface area (Å²) in [6.45, 7) is 3.41. The second-order valence-corrected chi connectivity index (χ2v) is 4.81. The van der Waals surface area contributed by atoms with Gasteiger partial charge in [0.05, 0.1) is 0 Å². The molecule has 0 aliphatic carbocycles. The van der Waals surface area contributed by atoms with E-state index >= 15 is 0 Å². The molecule has 0 spiro atoms. The van der Waals surface area contributed by atoms with Crippen LogP contribution in [0.3, 0.4) is 0 Å². The highest BCUT2D eigenvalue weighted by atomic mass is 32.2. The van der Waals surface area contributed by atoms with Crippen molar-refractivity contribution in [1.82, 2.24) is 0 Å². The Morgan fingerprint density at radius 1 is 1.67 bits per heavy atom. The molecule has 0 radical (unpaired) electrons. The van der Waals surface area contributed by atoms with E-state index in [2.05, 4.69) is 0 Å². The zero-order chi connectivity index (χ0) is 11.9. The highest BCUT2D eigenvalue weighted by Gasteiger charge is 2.21. The molecule has 0 saturated heterocycles. The molecule has 0 aliphatic rings. The number of ether oxygens (including phenoxy) is 2. The molecule has 0 bridgehead atoms. The molecule has 3 N–H and O–H groups in total. The van der Waals surface area contributed by atoms with Crippen LogP contribution < -0.4 is 5.73 Å². The van der Waals surface area contributed by atoms with E-state index in [1.54, 1.807) is 26.0 Å². The molecular formula is C9H18NO4S+. The summed E-state index contributed by atoms with van der Waals surface area (Å²) in [6.07, 6.45) is 4.14. The molecule has 6 heteroatoms. The first kappa shape index (κ1) is 14.2. The van der Waals surface area contributed by atoms with Crippen LogP contribution in [0.15, 0.2) is 23.3 Å². The van der Waals surface area contributed by atoms with Crippen LogP contribution in [0.5, 0.6) is 0 Å². The van der Waals surface area contributed by atoms with Gasteiger partial charge in [0.25, 0.3) is 0 Å². The highest BCUT2D eigenvalue weighted by molar-refractivity contribution is 7.95. The largest absolute Gasteiger partial charge is 0.385 e. The van der Waals surface area contributed by atoms with E-state index in [1.807, 2.05) is 0 Å². The zero-order valence-electron chi connectivity index (χ0n) is 9.17. The summed E-state index contributed by atoms with van der Waals surface area (Å²) in [5.74, 6) is -0.373. The minimum Gasteiger partial charge on any atom is -0.385 e. The topological polar surface area (TPSA) is 83.0 Å². The molecule has 0 rings (SSSR count). The van der Waals surface area contributed by atoms with Crippen LogP contribution in [-0.4, -0.2) is 27.8 Å². The van der Waals surface area contributed by atoms with Gasteiger partial charge >= 0.3 is 9.84 Å². The number of methoxy groups -OCH3 is 1. The summed E-state index contributed by atoms with van der Waals surface area (Å²) < 4.78 is 30.8. The molecule has 15 heavy (non-hydrogen) atoms. The molecule has 0 heterocycles. The van der Waals surface area contributed by atoms with E-state index in [-0.39, 0.29) is 11.0 Å². The van der Waals surface area contributed by atoms with Crippen LogP contribution in [0.2, 0.25) is 0 Å². The van der Waals surface area contributed by atoms with Crippen molar-refractivity contribution in [1.29, 1.82) is 0 Å². The monoisotopic (exact) mass is 236 g/mol. The van der Waals surface area contributed by atoms with Gasteiger partial charge in [-0.2, -0.15) is 4.21 Å². The van der Waals surface area contributed by atoms with Gasteiger partial charge in [-0.25, -0.2) is 4.21 Å². The lowest BCUT2D eigenvalue weighted by molar-refractivity contribution is -0.0950. The van der Waals surface area contributed by atoms with Crippen molar-refractivity contribution in [3.8, 4) is 0 Å². The van der Waals surface area contributed by atoms with Crippen LogP contribution >= 0.6 is 0 Å². The van der Waals surface area contributed by atoms with Crippen LogP contribution in [-0.2, 0) is 19.3 Å². The van der Waals surface area contributed by atoms with Gasteiger partial charge in [0.2, 0.25) is 5.94 Å². The van der Waals surface area contributed by atoms with Crippen LogP contribution in [0.25, 0.3) is 0 Å². The summed E-state index contributed by atoms with van der Waals surface area (Å²) in [5, 5.41) is -0.107.